The maximum Gasteiger partial charge on any atom is 0.191 e. The van der Waals surface area contributed by atoms with Gasteiger partial charge in [-0.15, -0.1) is 24.0 Å². The summed E-state index contributed by atoms with van der Waals surface area (Å²) in [4.78, 5) is 6.54. The van der Waals surface area contributed by atoms with Crippen LogP contribution in [0.1, 0.15) is 18.9 Å². The van der Waals surface area contributed by atoms with Gasteiger partial charge in [0.2, 0.25) is 0 Å². The number of rotatable bonds is 5. The summed E-state index contributed by atoms with van der Waals surface area (Å²) in [6.45, 7) is 7.78. The van der Waals surface area contributed by atoms with Crippen molar-refractivity contribution in [3.8, 4) is 5.75 Å². The first kappa shape index (κ1) is 19.0. The summed E-state index contributed by atoms with van der Waals surface area (Å²) in [5.74, 6) is 1.48. The first-order chi connectivity index (χ1) is 10.2. The lowest BCUT2D eigenvalue weighted by Gasteiger charge is -2.28. The number of ether oxygens (including phenoxy) is 2. The van der Waals surface area contributed by atoms with E-state index in [2.05, 4.69) is 29.8 Å². The zero-order valence-electron chi connectivity index (χ0n) is 13.3. The Kier molecular flexibility index (Phi) is 8.55. The molecule has 124 valence electrons. The second-order valence-electron chi connectivity index (χ2n) is 5.26. The van der Waals surface area contributed by atoms with Crippen LogP contribution in [0.15, 0.2) is 29.3 Å². The molecule has 0 bridgehead atoms. The largest absolute Gasteiger partial charge is 0.489 e. The molecule has 22 heavy (non-hydrogen) atoms. The average molecular weight is 419 g/mol. The molecule has 0 saturated carbocycles. The number of nitrogens with zero attached hydrogens (tertiary/aromatic N) is 2. The molecule has 1 aromatic rings. The third-order valence-electron chi connectivity index (χ3n) is 3.54. The van der Waals surface area contributed by atoms with E-state index < -0.39 is 0 Å². The average Bonchev–Trinajstić information content (AvgIpc) is 2.52. The van der Waals surface area contributed by atoms with E-state index in [-0.39, 0.29) is 30.1 Å². The Bertz CT molecular complexity index is 476. The van der Waals surface area contributed by atoms with E-state index in [4.69, 9.17) is 15.2 Å². The van der Waals surface area contributed by atoms with Gasteiger partial charge in [-0.2, -0.15) is 0 Å². The highest BCUT2D eigenvalue weighted by Crippen LogP contribution is 2.15. The minimum absolute atomic E-state index is 0. The third kappa shape index (κ3) is 6.00. The second kappa shape index (κ2) is 9.89. The maximum atomic E-state index is 6.03. The van der Waals surface area contributed by atoms with Crippen LogP contribution in [0.4, 0.5) is 0 Å². The number of guanidine groups is 1. The highest BCUT2D eigenvalue weighted by Gasteiger charge is 2.13. The lowest BCUT2D eigenvalue weighted by atomic mass is 10.2. The summed E-state index contributed by atoms with van der Waals surface area (Å²) in [6, 6.07) is 8.08. The Morgan fingerprint density at radius 2 is 2.14 bits per heavy atom. The van der Waals surface area contributed by atoms with Gasteiger partial charge < -0.3 is 20.1 Å². The molecule has 1 fully saturated rings. The van der Waals surface area contributed by atoms with Crippen molar-refractivity contribution in [1.82, 2.24) is 4.90 Å². The molecule has 2 N–H and O–H groups in total. The number of benzene rings is 1. The van der Waals surface area contributed by atoms with Gasteiger partial charge in [0.05, 0.1) is 19.8 Å². The van der Waals surface area contributed by atoms with E-state index in [1.54, 1.807) is 0 Å². The van der Waals surface area contributed by atoms with Crippen LogP contribution in [0.2, 0.25) is 0 Å². The van der Waals surface area contributed by atoms with Crippen molar-refractivity contribution < 1.29 is 9.47 Å². The summed E-state index contributed by atoms with van der Waals surface area (Å²) >= 11 is 0. The molecule has 1 unspecified atom stereocenters. The fourth-order valence-electron chi connectivity index (χ4n) is 2.22. The molecule has 6 heteroatoms. The van der Waals surface area contributed by atoms with Crippen LogP contribution >= 0.6 is 24.0 Å². The van der Waals surface area contributed by atoms with Gasteiger partial charge in [0.1, 0.15) is 11.9 Å². The molecular formula is C16H26IN3O2. The van der Waals surface area contributed by atoms with Crippen LogP contribution in [-0.2, 0) is 4.74 Å². The Morgan fingerprint density at radius 1 is 1.41 bits per heavy atom. The third-order valence-corrected chi connectivity index (χ3v) is 3.54. The summed E-state index contributed by atoms with van der Waals surface area (Å²) in [6.07, 6.45) is 0.944. The maximum absolute atomic E-state index is 6.03. The van der Waals surface area contributed by atoms with Gasteiger partial charge in [0.25, 0.3) is 0 Å². The second-order valence-corrected chi connectivity index (χ2v) is 5.26. The van der Waals surface area contributed by atoms with E-state index in [9.17, 15) is 0 Å². The molecule has 1 heterocycles. The molecule has 0 amide bonds. The fraction of sp³-hybridized carbons (Fsp3) is 0.562. The number of halogens is 1. The molecule has 1 atom stereocenters. The molecular weight excluding hydrogens is 393 g/mol. The minimum atomic E-state index is 0. The smallest absolute Gasteiger partial charge is 0.191 e. The van der Waals surface area contributed by atoms with Gasteiger partial charge in [0, 0.05) is 13.1 Å². The summed E-state index contributed by atoms with van der Waals surface area (Å²) in [5, 5.41) is 0. The van der Waals surface area contributed by atoms with Crippen molar-refractivity contribution in [2.24, 2.45) is 10.7 Å². The molecule has 1 aromatic carbocycles. The van der Waals surface area contributed by atoms with Crippen LogP contribution in [0, 0.1) is 6.92 Å². The molecule has 0 aromatic heterocycles. The van der Waals surface area contributed by atoms with Gasteiger partial charge in [0.15, 0.2) is 5.96 Å². The van der Waals surface area contributed by atoms with Gasteiger partial charge in [-0.1, -0.05) is 19.1 Å². The Hall–Kier alpha value is -1.02. The molecule has 1 aliphatic heterocycles. The molecule has 1 aliphatic rings. The topological polar surface area (TPSA) is 60.1 Å². The monoisotopic (exact) mass is 419 g/mol. The highest BCUT2D eigenvalue weighted by atomic mass is 127. The standard InChI is InChI=1S/C16H25N3O2.HI/c1-3-14(21-15-6-4-5-13(2)11-15)12-18-16(17)19-7-9-20-10-8-19;/h4-6,11,14H,3,7-10,12H2,1-2H3,(H2,17,18);1H. The predicted molar refractivity (Wildman–Crippen MR) is 100 cm³/mol. The predicted octanol–water partition coefficient (Wildman–Crippen LogP) is 2.42. The molecule has 5 nitrogen and oxygen atoms in total. The van der Waals surface area contributed by atoms with Crippen molar-refractivity contribution in [1.29, 1.82) is 0 Å². The number of hydrogen-bond acceptors (Lipinski definition) is 3. The van der Waals surface area contributed by atoms with E-state index in [1.165, 1.54) is 5.56 Å². The minimum Gasteiger partial charge on any atom is -0.489 e. The number of nitrogens with two attached hydrogens (primary N) is 1. The van der Waals surface area contributed by atoms with E-state index >= 15 is 0 Å². The summed E-state index contributed by atoms with van der Waals surface area (Å²) in [5.41, 5.74) is 7.23. The normalized spacial score (nSPS) is 16.8. The van der Waals surface area contributed by atoms with Crippen LogP contribution in [0.5, 0.6) is 5.75 Å². The van der Waals surface area contributed by atoms with Gasteiger partial charge in [-0.05, 0) is 31.0 Å². The van der Waals surface area contributed by atoms with Crippen molar-refractivity contribution in [3.05, 3.63) is 29.8 Å². The number of morpholine rings is 1. The lowest BCUT2D eigenvalue weighted by Crippen LogP contribution is -2.45. The zero-order chi connectivity index (χ0) is 15.1. The van der Waals surface area contributed by atoms with Crippen LogP contribution < -0.4 is 10.5 Å². The van der Waals surface area contributed by atoms with Gasteiger partial charge in [-0.3, -0.25) is 0 Å². The summed E-state index contributed by atoms with van der Waals surface area (Å²) < 4.78 is 11.3. The van der Waals surface area contributed by atoms with Gasteiger partial charge >= 0.3 is 0 Å². The van der Waals surface area contributed by atoms with Crippen molar-refractivity contribution >= 4 is 29.9 Å². The molecule has 0 radical (unpaired) electrons. The van der Waals surface area contributed by atoms with Gasteiger partial charge in [-0.25, -0.2) is 4.99 Å². The molecule has 2 rings (SSSR count). The van der Waals surface area contributed by atoms with E-state index in [0.717, 1.165) is 25.3 Å². The lowest BCUT2D eigenvalue weighted by molar-refractivity contribution is 0.0673. The van der Waals surface area contributed by atoms with Crippen molar-refractivity contribution in [3.63, 3.8) is 0 Å². The number of aliphatic imine (C=N–C) groups is 1. The van der Waals surface area contributed by atoms with Crippen LogP contribution in [0.25, 0.3) is 0 Å². The first-order valence-electron chi connectivity index (χ1n) is 7.55. The van der Waals surface area contributed by atoms with Crippen molar-refractivity contribution in [2.45, 2.75) is 26.4 Å². The van der Waals surface area contributed by atoms with E-state index in [1.807, 2.05) is 18.2 Å². The molecule has 0 aliphatic carbocycles. The zero-order valence-corrected chi connectivity index (χ0v) is 15.7. The van der Waals surface area contributed by atoms with Crippen LogP contribution in [-0.4, -0.2) is 49.8 Å². The summed E-state index contributed by atoms with van der Waals surface area (Å²) in [7, 11) is 0. The van der Waals surface area contributed by atoms with Crippen LogP contribution in [0.3, 0.4) is 0 Å². The molecule has 1 saturated heterocycles. The van der Waals surface area contributed by atoms with E-state index in [0.29, 0.717) is 25.7 Å². The number of hydrogen-bond donors (Lipinski definition) is 1. The fourth-order valence-corrected chi connectivity index (χ4v) is 2.22. The quantitative estimate of drug-likeness (QED) is 0.453. The highest BCUT2D eigenvalue weighted by molar-refractivity contribution is 14.0. The first-order valence-corrected chi connectivity index (χ1v) is 7.55. The Labute approximate surface area is 149 Å². The Balaban J connectivity index is 0.00000242. The SMILES string of the molecule is CCC(CN=C(N)N1CCOCC1)Oc1cccc(C)c1.I. The number of aryl methyl sites for hydroxylation is 1. The molecule has 0 spiro atoms. The Morgan fingerprint density at radius 3 is 2.77 bits per heavy atom. The van der Waals surface area contributed by atoms with Crippen molar-refractivity contribution in [2.75, 3.05) is 32.8 Å².